The van der Waals surface area contributed by atoms with Crippen LogP contribution in [0, 0.1) is 5.92 Å². The Labute approximate surface area is 147 Å². The van der Waals surface area contributed by atoms with Crippen LogP contribution in [0.2, 0.25) is 0 Å². The number of nitrogens with zero attached hydrogens (tertiary/aromatic N) is 1. The topological polar surface area (TPSA) is 15.3 Å². The van der Waals surface area contributed by atoms with Gasteiger partial charge in [0, 0.05) is 22.0 Å². The van der Waals surface area contributed by atoms with Gasteiger partial charge in [-0.2, -0.15) is 0 Å². The number of hydrogen-bond donors (Lipinski definition) is 1. The molecule has 1 fully saturated rings. The molecule has 0 aliphatic carbocycles. The van der Waals surface area contributed by atoms with Gasteiger partial charge in [0.25, 0.3) is 0 Å². The number of rotatable bonds is 3. The van der Waals surface area contributed by atoms with Crippen molar-refractivity contribution in [1.29, 1.82) is 0 Å². The predicted molar refractivity (Wildman–Crippen MR) is 97.7 cm³/mol. The standard InChI is InChI=1S/C16H23BrN2S.ClH/c1-19(11-12-3-2-7-18-10-12)15-6-8-20-16-5-4-13(17)9-14(15)16;/h4-5,9,12,15,18H,2-3,6-8,10-11H2,1H3;1H. The summed E-state index contributed by atoms with van der Waals surface area (Å²) in [4.78, 5) is 4.06. The summed E-state index contributed by atoms with van der Waals surface area (Å²) in [5.41, 5.74) is 1.52. The van der Waals surface area contributed by atoms with E-state index in [1.807, 2.05) is 11.8 Å². The van der Waals surface area contributed by atoms with Crippen molar-refractivity contribution in [1.82, 2.24) is 10.2 Å². The summed E-state index contributed by atoms with van der Waals surface area (Å²) in [6.45, 7) is 3.61. The second-order valence-electron chi connectivity index (χ2n) is 5.99. The number of fused-ring (bicyclic) bond motifs is 1. The molecule has 21 heavy (non-hydrogen) atoms. The van der Waals surface area contributed by atoms with Crippen molar-refractivity contribution in [2.45, 2.75) is 30.2 Å². The maximum atomic E-state index is 3.63. The maximum absolute atomic E-state index is 3.63. The first-order valence-corrected chi connectivity index (χ1v) is 9.35. The van der Waals surface area contributed by atoms with Crippen LogP contribution >= 0.6 is 40.1 Å². The van der Waals surface area contributed by atoms with Gasteiger partial charge in [-0.25, -0.2) is 0 Å². The fraction of sp³-hybridized carbons (Fsp3) is 0.625. The quantitative estimate of drug-likeness (QED) is 0.825. The van der Waals surface area contributed by atoms with Crippen LogP contribution in [0.15, 0.2) is 27.6 Å². The van der Waals surface area contributed by atoms with E-state index in [0.717, 1.165) is 5.92 Å². The predicted octanol–water partition coefficient (Wildman–Crippen LogP) is 4.34. The van der Waals surface area contributed by atoms with Crippen molar-refractivity contribution in [2.24, 2.45) is 5.92 Å². The first kappa shape index (κ1) is 17.6. The minimum Gasteiger partial charge on any atom is -0.316 e. The van der Waals surface area contributed by atoms with E-state index in [1.165, 1.54) is 59.6 Å². The van der Waals surface area contributed by atoms with Crippen molar-refractivity contribution in [3.05, 3.63) is 28.2 Å². The molecular weight excluding hydrogens is 368 g/mol. The third kappa shape index (κ3) is 4.38. The fourth-order valence-electron chi connectivity index (χ4n) is 3.42. The normalized spacial score (nSPS) is 25.3. The van der Waals surface area contributed by atoms with E-state index in [-0.39, 0.29) is 12.4 Å². The molecule has 0 amide bonds. The Balaban J connectivity index is 0.00000161. The van der Waals surface area contributed by atoms with Gasteiger partial charge in [0.2, 0.25) is 0 Å². The van der Waals surface area contributed by atoms with Gasteiger partial charge in [-0.05, 0) is 74.8 Å². The molecule has 5 heteroatoms. The molecule has 2 aliphatic rings. The van der Waals surface area contributed by atoms with Crippen LogP contribution in [0.3, 0.4) is 0 Å². The molecular formula is C16H24BrClN2S. The highest BCUT2D eigenvalue weighted by molar-refractivity contribution is 9.10. The highest BCUT2D eigenvalue weighted by Crippen LogP contribution is 2.40. The van der Waals surface area contributed by atoms with Gasteiger partial charge in [-0.15, -0.1) is 24.2 Å². The van der Waals surface area contributed by atoms with E-state index in [9.17, 15) is 0 Å². The molecule has 2 aliphatic heterocycles. The minimum atomic E-state index is 0. The van der Waals surface area contributed by atoms with Gasteiger partial charge in [-0.1, -0.05) is 15.9 Å². The van der Waals surface area contributed by atoms with E-state index in [1.54, 1.807) is 0 Å². The molecule has 1 aromatic carbocycles. The van der Waals surface area contributed by atoms with Gasteiger partial charge in [-0.3, -0.25) is 4.90 Å². The highest BCUT2D eigenvalue weighted by atomic mass is 79.9. The molecule has 0 radical (unpaired) electrons. The van der Waals surface area contributed by atoms with Crippen molar-refractivity contribution >= 4 is 40.1 Å². The summed E-state index contributed by atoms with van der Waals surface area (Å²) < 4.78 is 1.21. The zero-order chi connectivity index (χ0) is 13.9. The molecule has 3 rings (SSSR count). The van der Waals surface area contributed by atoms with E-state index < -0.39 is 0 Å². The maximum Gasteiger partial charge on any atom is 0.0364 e. The van der Waals surface area contributed by atoms with Gasteiger partial charge < -0.3 is 5.32 Å². The van der Waals surface area contributed by atoms with Crippen LogP contribution in [-0.4, -0.2) is 37.3 Å². The lowest BCUT2D eigenvalue weighted by Gasteiger charge is -2.36. The molecule has 0 bridgehead atoms. The van der Waals surface area contributed by atoms with Gasteiger partial charge in [0.05, 0.1) is 0 Å². The van der Waals surface area contributed by atoms with E-state index in [4.69, 9.17) is 0 Å². The Hall–Kier alpha value is 0.260. The molecule has 2 unspecified atom stereocenters. The third-order valence-electron chi connectivity index (χ3n) is 4.46. The van der Waals surface area contributed by atoms with E-state index in [0.29, 0.717) is 6.04 Å². The van der Waals surface area contributed by atoms with Crippen molar-refractivity contribution < 1.29 is 0 Å². The summed E-state index contributed by atoms with van der Waals surface area (Å²) >= 11 is 5.63. The second-order valence-corrected chi connectivity index (χ2v) is 8.04. The molecule has 2 atom stereocenters. The Kier molecular flexibility index (Phi) is 6.88. The van der Waals surface area contributed by atoms with Crippen LogP contribution < -0.4 is 5.32 Å². The summed E-state index contributed by atoms with van der Waals surface area (Å²) in [7, 11) is 2.31. The number of piperidine rings is 1. The lowest BCUT2D eigenvalue weighted by Crippen LogP contribution is -2.38. The molecule has 118 valence electrons. The van der Waals surface area contributed by atoms with Crippen molar-refractivity contribution in [3.63, 3.8) is 0 Å². The van der Waals surface area contributed by atoms with Gasteiger partial charge >= 0.3 is 0 Å². The van der Waals surface area contributed by atoms with E-state index >= 15 is 0 Å². The summed E-state index contributed by atoms with van der Waals surface area (Å²) in [6.07, 6.45) is 3.98. The Morgan fingerprint density at radius 1 is 1.38 bits per heavy atom. The van der Waals surface area contributed by atoms with Crippen LogP contribution in [0.25, 0.3) is 0 Å². The zero-order valence-corrected chi connectivity index (χ0v) is 15.7. The molecule has 2 heterocycles. The van der Waals surface area contributed by atoms with Gasteiger partial charge in [0.1, 0.15) is 0 Å². The lowest BCUT2D eigenvalue weighted by molar-refractivity contribution is 0.182. The molecule has 1 N–H and O–H groups in total. The number of thioether (sulfide) groups is 1. The SMILES string of the molecule is CN(CC1CCCNC1)C1CCSc2ccc(Br)cc21.Cl. The second kappa shape index (κ2) is 8.21. The number of benzene rings is 1. The van der Waals surface area contributed by atoms with Crippen molar-refractivity contribution in [2.75, 3.05) is 32.4 Å². The lowest BCUT2D eigenvalue weighted by atomic mass is 9.96. The summed E-state index contributed by atoms with van der Waals surface area (Å²) in [5.74, 6) is 2.06. The zero-order valence-electron chi connectivity index (χ0n) is 12.5. The Morgan fingerprint density at radius 2 is 2.24 bits per heavy atom. The third-order valence-corrected chi connectivity index (χ3v) is 6.07. The summed E-state index contributed by atoms with van der Waals surface area (Å²) in [5, 5.41) is 3.53. The number of halogens is 2. The fourth-order valence-corrected chi connectivity index (χ4v) is 4.89. The molecule has 2 nitrogen and oxygen atoms in total. The van der Waals surface area contributed by atoms with Gasteiger partial charge in [0.15, 0.2) is 0 Å². The molecule has 0 spiro atoms. The Morgan fingerprint density at radius 3 is 3.00 bits per heavy atom. The first-order chi connectivity index (χ1) is 9.74. The van der Waals surface area contributed by atoms with Crippen molar-refractivity contribution in [3.8, 4) is 0 Å². The smallest absolute Gasteiger partial charge is 0.0364 e. The molecule has 1 aromatic rings. The largest absolute Gasteiger partial charge is 0.316 e. The van der Waals surface area contributed by atoms with Crippen LogP contribution in [0.1, 0.15) is 30.9 Å². The minimum absolute atomic E-state index is 0. The Bertz CT molecular complexity index is 466. The van der Waals surface area contributed by atoms with Crippen LogP contribution in [0.5, 0.6) is 0 Å². The molecule has 0 aromatic heterocycles. The number of hydrogen-bond acceptors (Lipinski definition) is 3. The monoisotopic (exact) mass is 390 g/mol. The highest BCUT2D eigenvalue weighted by Gasteiger charge is 2.26. The average Bonchev–Trinajstić information content (AvgIpc) is 2.47. The van der Waals surface area contributed by atoms with E-state index in [2.05, 4.69) is 51.4 Å². The van der Waals surface area contributed by atoms with Crippen LogP contribution in [0.4, 0.5) is 0 Å². The average molecular weight is 392 g/mol. The molecule has 0 saturated carbocycles. The summed E-state index contributed by atoms with van der Waals surface area (Å²) in [6, 6.07) is 7.35. The number of nitrogens with one attached hydrogen (secondary N) is 1. The molecule has 1 saturated heterocycles. The van der Waals surface area contributed by atoms with Crippen LogP contribution in [-0.2, 0) is 0 Å². The first-order valence-electron chi connectivity index (χ1n) is 7.57.